The highest BCUT2D eigenvalue weighted by molar-refractivity contribution is 6.07. The van der Waals surface area contributed by atoms with E-state index in [9.17, 15) is 18.0 Å². The zero-order valence-electron chi connectivity index (χ0n) is 18.6. The lowest BCUT2D eigenvalue weighted by Crippen LogP contribution is -2.37. The van der Waals surface area contributed by atoms with Crippen molar-refractivity contribution < 1.29 is 22.1 Å². The van der Waals surface area contributed by atoms with Gasteiger partial charge in [0.2, 0.25) is 0 Å². The van der Waals surface area contributed by atoms with E-state index in [0.717, 1.165) is 21.8 Å². The lowest BCUT2D eigenvalue weighted by atomic mass is 10.1. The molecule has 10 heteroatoms. The summed E-state index contributed by atoms with van der Waals surface area (Å²) in [5, 5.41) is 5.85. The fourth-order valence-corrected chi connectivity index (χ4v) is 3.16. The summed E-state index contributed by atoms with van der Waals surface area (Å²) in [5.74, 6) is 5.23. The molecule has 0 saturated carbocycles. The van der Waals surface area contributed by atoms with Gasteiger partial charge in [-0.2, -0.15) is 18.3 Å². The Hall–Kier alpha value is -3.53. The Morgan fingerprint density at radius 2 is 2.00 bits per heavy atom. The number of nitrogens with two attached hydrogens (primary N) is 1. The number of carbonyl (C=O) groups is 1. The number of alkyl halides is 3. The van der Waals surface area contributed by atoms with Crippen LogP contribution in [0.25, 0.3) is 21.8 Å². The number of benzene rings is 1. The van der Waals surface area contributed by atoms with E-state index in [0.29, 0.717) is 33.7 Å². The first-order valence-corrected chi connectivity index (χ1v) is 8.73. The Labute approximate surface area is 173 Å². The maximum atomic E-state index is 12.9. The third-order valence-electron chi connectivity index (χ3n) is 4.68. The summed E-state index contributed by atoms with van der Waals surface area (Å²) >= 11 is 0. The van der Waals surface area contributed by atoms with Crippen LogP contribution in [-0.2, 0) is 19.7 Å². The van der Waals surface area contributed by atoms with E-state index in [1.165, 1.54) is 18.3 Å². The van der Waals surface area contributed by atoms with Crippen LogP contribution in [0.5, 0.6) is 0 Å². The third kappa shape index (κ3) is 3.45. The van der Waals surface area contributed by atoms with Gasteiger partial charge in [0.15, 0.2) is 0 Å². The lowest BCUT2D eigenvalue weighted by molar-refractivity contribution is -0.137. The standard InChI is InChI=1S/C20H17F3N6O/c1-11-16-9-26-17-6-3-12(7-15(17)18(16)28(2)27-11)19(30)29(24)10-14-5-4-13(8-25-14)20(21,22)23/h3-9H,10,24H2,1-2H3/i2D3. The fraction of sp³-hybridized carbons (Fsp3) is 0.200. The van der Waals surface area contributed by atoms with Crippen LogP contribution in [0.1, 0.15) is 31.4 Å². The molecule has 0 aliphatic heterocycles. The molecule has 3 aromatic heterocycles. The Kier molecular flexibility index (Phi) is 3.83. The summed E-state index contributed by atoms with van der Waals surface area (Å²) in [6.45, 7) is -1.12. The second-order valence-corrected chi connectivity index (χ2v) is 6.72. The van der Waals surface area contributed by atoms with Gasteiger partial charge in [-0.15, -0.1) is 0 Å². The van der Waals surface area contributed by atoms with Crippen LogP contribution < -0.4 is 5.84 Å². The van der Waals surface area contributed by atoms with Crippen LogP contribution in [0.15, 0.2) is 42.7 Å². The highest BCUT2D eigenvalue weighted by Crippen LogP contribution is 2.29. The van der Waals surface area contributed by atoms with Crippen molar-refractivity contribution in [2.75, 3.05) is 0 Å². The highest BCUT2D eigenvalue weighted by Gasteiger charge is 2.30. The molecule has 0 spiro atoms. The summed E-state index contributed by atoms with van der Waals surface area (Å²) in [7, 11) is 0. The molecule has 0 saturated heterocycles. The number of nitrogens with zero attached hydrogens (tertiary/aromatic N) is 5. The average molecular weight is 417 g/mol. The number of pyridine rings is 2. The number of rotatable bonds is 3. The van der Waals surface area contributed by atoms with Crippen LogP contribution in [0.2, 0.25) is 0 Å². The van der Waals surface area contributed by atoms with Crippen molar-refractivity contribution >= 4 is 27.7 Å². The van der Waals surface area contributed by atoms with Crippen molar-refractivity contribution in [3.8, 4) is 0 Å². The Morgan fingerprint density at radius 3 is 2.67 bits per heavy atom. The smallest absolute Gasteiger partial charge is 0.271 e. The summed E-state index contributed by atoms with van der Waals surface area (Å²) in [4.78, 5) is 20.9. The quantitative estimate of drug-likeness (QED) is 0.314. The normalized spacial score (nSPS) is 13.8. The molecule has 1 amide bonds. The first kappa shape index (κ1) is 16.3. The maximum absolute atomic E-state index is 12.9. The molecule has 0 aliphatic rings. The third-order valence-corrected chi connectivity index (χ3v) is 4.68. The van der Waals surface area contributed by atoms with Crippen LogP contribution in [0.3, 0.4) is 0 Å². The van der Waals surface area contributed by atoms with Crippen LogP contribution >= 0.6 is 0 Å². The maximum Gasteiger partial charge on any atom is 0.417 e. The summed E-state index contributed by atoms with van der Waals surface area (Å²) < 4.78 is 62.3. The van der Waals surface area contributed by atoms with E-state index in [4.69, 9.17) is 9.95 Å². The molecule has 2 N–H and O–H groups in total. The summed E-state index contributed by atoms with van der Waals surface area (Å²) in [5.41, 5.74) is 0.633. The van der Waals surface area contributed by atoms with Gasteiger partial charge in [0.1, 0.15) is 0 Å². The van der Waals surface area contributed by atoms with E-state index in [-0.39, 0.29) is 17.8 Å². The van der Waals surface area contributed by atoms with Gasteiger partial charge in [-0.1, -0.05) is 0 Å². The zero-order valence-corrected chi connectivity index (χ0v) is 15.6. The van der Waals surface area contributed by atoms with Gasteiger partial charge in [-0.05, 0) is 37.3 Å². The molecule has 3 heterocycles. The second kappa shape index (κ2) is 7.06. The molecule has 0 bridgehead atoms. The van der Waals surface area contributed by atoms with Crippen molar-refractivity contribution in [2.24, 2.45) is 12.8 Å². The predicted octanol–water partition coefficient (Wildman–Crippen LogP) is 3.36. The number of hydrazine groups is 1. The van der Waals surface area contributed by atoms with E-state index in [2.05, 4.69) is 15.1 Å². The molecule has 4 aromatic rings. The lowest BCUT2D eigenvalue weighted by Gasteiger charge is -2.17. The Morgan fingerprint density at radius 1 is 1.20 bits per heavy atom. The molecule has 0 aliphatic carbocycles. The molecule has 0 unspecified atom stereocenters. The van der Waals surface area contributed by atoms with Gasteiger partial charge in [0.25, 0.3) is 5.91 Å². The molecule has 0 atom stereocenters. The predicted molar refractivity (Wildman–Crippen MR) is 104 cm³/mol. The van der Waals surface area contributed by atoms with Gasteiger partial charge in [-0.25, -0.2) is 5.84 Å². The number of carbonyl (C=O) groups excluding carboxylic acids is 1. The van der Waals surface area contributed by atoms with E-state index in [1.54, 1.807) is 13.0 Å². The molecular formula is C20H17F3N6O. The van der Waals surface area contributed by atoms with Crippen molar-refractivity contribution in [3.63, 3.8) is 0 Å². The first-order valence-electron chi connectivity index (χ1n) is 10.2. The number of hydrogen-bond donors (Lipinski definition) is 1. The largest absolute Gasteiger partial charge is 0.417 e. The van der Waals surface area contributed by atoms with Crippen molar-refractivity contribution in [2.45, 2.75) is 19.6 Å². The van der Waals surface area contributed by atoms with E-state index >= 15 is 0 Å². The molecular weight excluding hydrogens is 397 g/mol. The van der Waals surface area contributed by atoms with E-state index in [1.807, 2.05) is 0 Å². The van der Waals surface area contributed by atoms with Crippen molar-refractivity contribution in [1.82, 2.24) is 24.8 Å². The number of halogens is 3. The minimum atomic E-state index is -4.52. The Bertz CT molecular complexity index is 1370. The van der Waals surface area contributed by atoms with Gasteiger partial charge in [-0.3, -0.25) is 24.5 Å². The molecule has 0 radical (unpaired) electrons. The van der Waals surface area contributed by atoms with Crippen molar-refractivity contribution in [3.05, 3.63) is 65.2 Å². The monoisotopic (exact) mass is 417 g/mol. The average Bonchev–Trinajstić information content (AvgIpc) is 3.10. The SMILES string of the molecule is [2H]C([2H])([2H])n1nc(C)c2cnc3ccc(C(=O)N(N)Cc4ccc(C(F)(F)F)cn4)cc3c21. The molecule has 7 nitrogen and oxygen atoms in total. The number of fused-ring (bicyclic) bond motifs is 3. The molecule has 154 valence electrons. The highest BCUT2D eigenvalue weighted by atomic mass is 19.4. The summed E-state index contributed by atoms with van der Waals surface area (Å²) in [6, 6.07) is 6.50. The van der Waals surface area contributed by atoms with Crippen LogP contribution in [0.4, 0.5) is 13.2 Å². The zero-order chi connectivity index (χ0) is 24.1. The van der Waals surface area contributed by atoms with E-state index < -0.39 is 24.6 Å². The fourth-order valence-electron chi connectivity index (χ4n) is 3.16. The number of amides is 1. The van der Waals surface area contributed by atoms with Crippen LogP contribution in [-0.4, -0.2) is 30.7 Å². The summed E-state index contributed by atoms with van der Waals surface area (Å²) in [6.07, 6.45) is -2.33. The van der Waals surface area contributed by atoms with Gasteiger partial charge in [0, 0.05) is 39.8 Å². The molecule has 0 fully saturated rings. The number of aromatic nitrogens is 4. The molecule has 1 aromatic carbocycles. The Balaban J connectivity index is 1.69. The van der Waals surface area contributed by atoms with Gasteiger partial charge < -0.3 is 0 Å². The minimum absolute atomic E-state index is 0.141. The van der Waals surface area contributed by atoms with Crippen molar-refractivity contribution in [1.29, 1.82) is 0 Å². The van der Waals surface area contributed by atoms with Gasteiger partial charge >= 0.3 is 6.18 Å². The second-order valence-electron chi connectivity index (χ2n) is 6.72. The topological polar surface area (TPSA) is 89.9 Å². The van der Waals surface area contributed by atoms with Gasteiger partial charge in [0.05, 0.1) is 34.5 Å². The minimum Gasteiger partial charge on any atom is -0.271 e. The molecule has 30 heavy (non-hydrogen) atoms. The van der Waals surface area contributed by atoms with Crippen LogP contribution in [0, 0.1) is 6.92 Å². The molecule has 4 rings (SSSR count). The number of hydrogen-bond acceptors (Lipinski definition) is 5. The first-order chi connectivity index (χ1) is 15.4. The number of aryl methyl sites for hydroxylation is 2.